The van der Waals surface area contributed by atoms with E-state index in [1.807, 2.05) is 31.2 Å². The van der Waals surface area contributed by atoms with Crippen LogP contribution in [0.25, 0.3) is 0 Å². The molecular formula is C18H27N3O4. The molecule has 1 fully saturated rings. The lowest BCUT2D eigenvalue weighted by molar-refractivity contribution is -0.139. The fourth-order valence-corrected chi connectivity index (χ4v) is 2.54. The number of amides is 2. The Balaban J connectivity index is 1.60. The van der Waals surface area contributed by atoms with Gasteiger partial charge >= 0.3 is 11.8 Å². The minimum absolute atomic E-state index is 0.312. The van der Waals surface area contributed by atoms with E-state index in [0.717, 1.165) is 50.6 Å². The largest absolute Gasteiger partial charge is 0.494 e. The Kier molecular flexibility index (Phi) is 8.21. The molecule has 0 spiro atoms. The second-order valence-corrected chi connectivity index (χ2v) is 5.82. The van der Waals surface area contributed by atoms with Crippen LogP contribution in [0.3, 0.4) is 0 Å². The number of carbonyl (C=O) groups excluding carboxylic acids is 2. The highest BCUT2D eigenvalue weighted by molar-refractivity contribution is 6.35. The van der Waals surface area contributed by atoms with Gasteiger partial charge in [-0.25, -0.2) is 0 Å². The molecule has 7 heteroatoms. The van der Waals surface area contributed by atoms with Crippen molar-refractivity contribution in [2.75, 3.05) is 46.0 Å². The Labute approximate surface area is 148 Å². The van der Waals surface area contributed by atoms with Crippen molar-refractivity contribution in [3.63, 3.8) is 0 Å². The maximum atomic E-state index is 11.8. The number of hydrogen-bond donors (Lipinski definition) is 2. The van der Waals surface area contributed by atoms with Crippen molar-refractivity contribution in [1.82, 2.24) is 15.5 Å². The molecule has 25 heavy (non-hydrogen) atoms. The first kappa shape index (κ1) is 19.2. The van der Waals surface area contributed by atoms with Crippen LogP contribution in [0, 0.1) is 0 Å². The molecule has 0 aliphatic carbocycles. The lowest BCUT2D eigenvalue weighted by Gasteiger charge is -2.26. The van der Waals surface area contributed by atoms with Crippen LogP contribution in [0.1, 0.15) is 18.9 Å². The van der Waals surface area contributed by atoms with Gasteiger partial charge < -0.3 is 20.1 Å². The fourth-order valence-electron chi connectivity index (χ4n) is 2.54. The second kappa shape index (κ2) is 10.7. The number of nitrogens with one attached hydrogen (secondary N) is 2. The highest BCUT2D eigenvalue weighted by Crippen LogP contribution is 2.11. The summed E-state index contributed by atoms with van der Waals surface area (Å²) >= 11 is 0. The fraction of sp³-hybridized carbons (Fsp3) is 0.556. The Bertz CT molecular complexity index is 542. The third-order valence-electron chi connectivity index (χ3n) is 3.93. The van der Waals surface area contributed by atoms with Crippen LogP contribution in [-0.2, 0) is 20.9 Å². The topological polar surface area (TPSA) is 79.9 Å². The van der Waals surface area contributed by atoms with Gasteiger partial charge in [0, 0.05) is 26.2 Å². The van der Waals surface area contributed by atoms with E-state index in [4.69, 9.17) is 9.47 Å². The second-order valence-electron chi connectivity index (χ2n) is 5.82. The summed E-state index contributed by atoms with van der Waals surface area (Å²) in [6.07, 6.45) is 0.817. The van der Waals surface area contributed by atoms with Gasteiger partial charge in [0.25, 0.3) is 0 Å². The summed E-state index contributed by atoms with van der Waals surface area (Å²) in [7, 11) is 0. The van der Waals surface area contributed by atoms with Crippen LogP contribution in [0.4, 0.5) is 0 Å². The quantitative estimate of drug-likeness (QED) is 0.529. The molecule has 2 amide bonds. The minimum Gasteiger partial charge on any atom is -0.494 e. The Hall–Kier alpha value is -2.12. The molecule has 0 bridgehead atoms. The third-order valence-corrected chi connectivity index (χ3v) is 3.93. The van der Waals surface area contributed by atoms with Crippen LogP contribution in [0.2, 0.25) is 0 Å². The maximum absolute atomic E-state index is 11.8. The first-order valence-electron chi connectivity index (χ1n) is 8.77. The van der Waals surface area contributed by atoms with Gasteiger partial charge in [0.2, 0.25) is 0 Å². The zero-order valence-electron chi connectivity index (χ0n) is 14.8. The summed E-state index contributed by atoms with van der Waals surface area (Å²) in [5.41, 5.74) is 0.914. The van der Waals surface area contributed by atoms with E-state index in [2.05, 4.69) is 15.5 Å². The van der Waals surface area contributed by atoms with Gasteiger partial charge in [-0.15, -0.1) is 0 Å². The van der Waals surface area contributed by atoms with E-state index in [1.165, 1.54) is 0 Å². The molecule has 0 unspecified atom stereocenters. The van der Waals surface area contributed by atoms with Gasteiger partial charge in [-0.05, 0) is 37.6 Å². The Morgan fingerprint density at radius 1 is 1.12 bits per heavy atom. The predicted octanol–water partition coefficient (Wildman–Crippen LogP) is 0.540. The lowest BCUT2D eigenvalue weighted by atomic mass is 10.2. The first-order chi connectivity index (χ1) is 12.2. The predicted molar refractivity (Wildman–Crippen MR) is 94.3 cm³/mol. The number of rotatable bonds is 8. The number of hydrogen-bond acceptors (Lipinski definition) is 5. The van der Waals surface area contributed by atoms with Crippen molar-refractivity contribution < 1.29 is 19.1 Å². The molecule has 7 nitrogen and oxygen atoms in total. The molecule has 0 aromatic heterocycles. The zero-order chi connectivity index (χ0) is 17.9. The summed E-state index contributed by atoms with van der Waals surface area (Å²) in [6.45, 7) is 7.62. The van der Waals surface area contributed by atoms with E-state index in [1.54, 1.807) is 0 Å². The standard InChI is InChI=1S/C18H27N3O4/c1-2-25-16-6-4-15(5-7-16)14-20-18(23)17(22)19-8-3-9-21-10-12-24-13-11-21/h4-7H,2-3,8-14H2,1H3,(H,19,22)(H,20,23). The van der Waals surface area contributed by atoms with Gasteiger partial charge in [-0.1, -0.05) is 12.1 Å². The molecule has 0 radical (unpaired) electrons. The Morgan fingerprint density at radius 2 is 1.80 bits per heavy atom. The van der Waals surface area contributed by atoms with Crippen molar-refractivity contribution in [2.24, 2.45) is 0 Å². The molecule has 138 valence electrons. The third kappa shape index (κ3) is 7.11. The molecule has 2 rings (SSSR count). The van der Waals surface area contributed by atoms with Gasteiger partial charge in [0.05, 0.1) is 19.8 Å². The molecule has 0 saturated carbocycles. The number of carbonyl (C=O) groups is 2. The highest BCUT2D eigenvalue weighted by atomic mass is 16.5. The smallest absolute Gasteiger partial charge is 0.309 e. The average Bonchev–Trinajstić information content (AvgIpc) is 2.65. The average molecular weight is 349 g/mol. The molecule has 1 saturated heterocycles. The van der Waals surface area contributed by atoms with Gasteiger partial charge in [-0.2, -0.15) is 0 Å². The molecule has 1 aliphatic heterocycles. The van der Waals surface area contributed by atoms with E-state index in [9.17, 15) is 9.59 Å². The lowest BCUT2D eigenvalue weighted by Crippen LogP contribution is -2.41. The van der Waals surface area contributed by atoms with Crippen LogP contribution >= 0.6 is 0 Å². The van der Waals surface area contributed by atoms with Crippen molar-refractivity contribution in [3.05, 3.63) is 29.8 Å². The summed E-state index contributed by atoms with van der Waals surface area (Å²) < 4.78 is 10.6. The molecule has 1 aromatic rings. The van der Waals surface area contributed by atoms with E-state index < -0.39 is 11.8 Å². The molecule has 2 N–H and O–H groups in total. The zero-order valence-corrected chi connectivity index (χ0v) is 14.8. The molecule has 1 aromatic carbocycles. The van der Waals surface area contributed by atoms with Crippen LogP contribution in [0.15, 0.2) is 24.3 Å². The Morgan fingerprint density at radius 3 is 2.48 bits per heavy atom. The maximum Gasteiger partial charge on any atom is 0.309 e. The molecular weight excluding hydrogens is 322 g/mol. The van der Waals surface area contributed by atoms with E-state index in [-0.39, 0.29) is 0 Å². The minimum atomic E-state index is -0.611. The first-order valence-corrected chi connectivity index (χ1v) is 8.77. The SMILES string of the molecule is CCOc1ccc(CNC(=O)C(=O)NCCCN2CCOCC2)cc1. The molecule has 0 atom stereocenters. The number of ether oxygens (including phenoxy) is 2. The van der Waals surface area contributed by atoms with Gasteiger partial charge in [0.15, 0.2) is 0 Å². The number of morpholine rings is 1. The van der Waals surface area contributed by atoms with Crippen molar-refractivity contribution in [1.29, 1.82) is 0 Å². The molecule has 1 heterocycles. The van der Waals surface area contributed by atoms with Crippen molar-refractivity contribution >= 4 is 11.8 Å². The van der Waals surface area contributed by atoms with Gasteiger partial charge in [0.1, 0.15) is 5.75 Å². The van der Waals surface area contributed by atoms with Crippen molar-refractivity contribution in [3.8, 4) is 5.75 Å². The summed E-state index contributed by atoms with van der Waals surface area (Å²) in [6, 6.07) is 7.42. The molecule has 1 aliphatic rings. The van der Waals surface area contributed by atoms with Crippen molar-refractivity contribution in [2.45, 2.75) is 19.9 Å². The van der Waals surface area contributed by atoms with E-state index in [0.29, 0.717) is 19.7 Å². The van der Waals surface area contributed by atoms with Crippen LogP contribution in [-0.4, -0.2) is 62.7 Å². The number of nitrogens with zero attached hydrogens (tertiary/aromatic N) is 1. The summed E-state index contributed by atoms with van der Waals surface area (Å²) in [4.78, 5) is 25.9. The van der Waals surface area contributed by atoms with Crippen LogP contribution < -0.4 is 15.4 Å². The van der Waals surface area contributed by atoms with Crippen LogP contribution in [0.5, 0.6) is 5.75 Å². The summed E-state index contributed by atoms with van der Waals surface area (Å²) in [5.74, 6) is -0.413. The highest BCUT2D eigenvalue weighted by Gasteiger charge is 2.13. The number of benzene rings is 1. The normalized spacial score (nSPS) is 14.8. The van der Waals surface area contributed by atoms with E-state index >= 15 is 0 Å². The van der Waals surface area contributed by atoms with Gasteiger partial charge in [-0.3, -0.25) is 14.5 Å². The monoisotopic (exact) mass is 349 g/mol. The summed E-state index contributed by atoms with van der Waals surface area (Å²) in [5, 5.41) is 5.28.